The second kappa shape index (κ2) is 14.7. The first-order chi connectivity index (χ1) is 24.4. The zero-order valence-electron chi connectivity index (χ0n) is 28.5. The van der Waals surface area contributed by atoms with Gasteiger partial charge >= 0.3 is 0 Å². The van der Waals surface area contributed by atoms with Crippen LogP contribution in [0.4, 0.5) is 0 Å². The molecule has 0 radical (unpaired) electrons. The van der Waals surface area contributed by atoms with Crippen LogP contribution in [0.1, 0.15) is 75.9 Å². The normalized spacial score (nSPS) is 11.9. The Labute approximate surface area is 292 Å². The Balaban J connectivity index is 1.15. The molecule has 3 heterocycles. The van der Waals surface area contributed by atoms with Crippen molar-refractivity contribution >= 4 is 5.78 Å². The molecule has 0 bridgehead atoms. The summed E-state index contributed by atoms with van der Waals surface area (Å²) in [6.45, 7) is 6.62. The number of aryl methyl sites for hydroxylation is 1. The van der Waals surface area contributed by atoms with E-state index < -0.39 is 0 Å². The van der Waals surface area contributed by atoms with E-state index in [2.05, 4.69) is 36.6 Å². The first-order valence-corrected chi connectivity index (χ1v) is 17.0. The lowest BCUT2D eigenvalue weighted by Crippen LogP contribution is -2.14. The van der Waals surface area contributed by atoms with Crippen LogP contribution in [0.15, 0.2) is 143 Å². The maximum Gasteiger partial charge on any atom is 0.226 e. The number of ether oxygens (including phenoxy) is 1. The number of nitrogens with zero attached hydrogens (tertiary/aromatic N) is 3. The standard InChI is InChI=1S/C43H39N3O4/c1-29(2)38-28-49-41(44-38)27-36(40-19-12-25-46(40)39-18-11-10-17-35(39)42(47)32-13-6-4-7-14-32)31-20-22-34(23-21-31)48-26-24-37-30(3)50-43(45-37)33-15-8-5-9-16-33/h4-23,25,28-29,36H,24,26-27H2,1-3H3. The molecular weight excluding hydrogens is 622 g/mol. The van der Waals surface area contributed by atoms with Gasteiger partial charge in [-0.25, -0.2) is 9.97 Å². The Morgan fingerprint density at radius 3 is 2.28 bits per heavy atom. The highest BCUT2D eigenvalue weighted by Gasteiger charge is 2.24. The van der Waals surface area contributed by atoms with Gasteiger partial charge in [0.25, 0.3) is 0 Å². The number of rotatable bonds is 13. The van der Waals surface area contributed by atoms with Crippen LogP contribution in [0.3, 0.4) is 0 Å². The number of hydrogen-bond acceptors (Lipinski definition) is 6. The van der Waals surface area contributed by atoms with Crippen LogP contribution in [0, 0.1) is 6.92 Å². The summed E-state index contributed by atoms with van der Waals surface area (Å²) < 4.78 is 20.2. The first-order valence-electron chi connectivity index (χ1n) is 17.0. The smallest absolute Gasteiger partial charge is 0.226 e. The van der Waals surface area contributed by atoms with Gasteiger partial charge in [-0.2, -0.15) is 0 Å². The summed E-state index contributed by atoms with van der Waals surface area (Å²) in [4.78, 5) is 23.2. The third-order valence-electron chi connectivity index (χ3n) is 8.92. The molecule has 7 heteroatoms. The van der Waals surface area contributed by atoms with E-state index in [0.29, 0.717) is 42.4 Å². The lowest BCUT2D eigenvalue weighted by molar-refractivity contribution is 0.103. The fraction of sp³-hybridized carbons (Fsp3) is 0.186. The maximum absolute atomic E-state index is 13.7. The van der Waals surface area contributed by atoms with Gasteiger partial charge in [-0.1, -0.05) is 86.6 Å². The molecule has 0 amide bonds. The zero-order chi connectivity index (χ0) is 34.5. The molecule has 0 spiro atoms. The van der Waals surface area contributed by atoms with Crippen LogP contribution in [0.25, 0.3) is 17.1 Å². The third kappa shape index (κ3) is 7.08. The van der Waals surface area contributed by atoms with E-state index in [4.69, 9.17) is 23.5 Å². The van der Waals surface area contributed by atoms with Crippen molar-refractivity contribution in [3.63, 3.8) is 0 Å². The average molecular weight is 662 g/mol. The average Bonchev–Trinajstić information content (AvgIpc) is 3.92. The van der Waals surface area contributed by atoms with Crippen molar-refractivity contribution in [3.05, 3.63) is 179 Å². The molecule has 0 N–H and O–H groups in total. The minimum Gasteiger partial charge on any atom is -0.493 e. The van der Waals surface area contributed by atoms with E-state index in [9.17, 15) is 4.79 Å². The van der Waals surface area contributed by atoms with E-state index in [0.717, 1.165) is 45.4 Å². The van der Waals surface area contributed by atoms with Crippen LogP contribution >= 0.6 is 0 Å². The van der Waals surface area contributed by atoms with Crippen molar-refractivity contribution in [3.8, 4) is 22.9 Å². The second-order valence-corrected chi connectivity index (χ2v) is 12.6. The van der Waals surface area contributed by atoms with E-state index in [1.54, 1.807) is 6.26 Å². The van der Waals surface area contributed by atoms with Gasteiger partial charge in [0, 0.05) is 47.3 Å². The van der Waals surface area contributed by atoms with Gasteiger partial charge in [0.1, 0.15) is 17.8 Å². The molecule has 50 heavy (non-hydrogen) atoms. The molecule has 7 nitrogen and oxygen atoms in total. The van der Waals surface area contributed by atoms with E-state index in [1.807, 2.05) is 116 Å². The van der Waals surface area contributed by atoms with Crippen LogP contribution in [-0.2, 0) is 12.8 Å². The molecule has 0 fully saturated rings. The third-order valence-corrected chi connectivity index (χ3v) is 8.92. The number of ketones is 1. The SMILES string of the molecule is Cc1oc(-c2ccccc2)nc1CCOc1ccc(C(Cc2nc(C(C)C)co2)c2cccn2-c2ccccc2C(=O)c2ccccc2)cc1. The second-order valence-electron chi connectivity index (χ2n) is 12.6. The highest BCUT2D eigenvalue weighted by Crippen LogP contribution is 2.33. The summed E-state index contributed by atoms with van der Waals surface area (Å²) in [5.41, 5.74) is 6.97. The summed E-state index contributed by atoms with van der Waals surface area (Å²) in [5, 5.41) is 0. The fourth-order valence-corrected chi connectivity index (χ4v) is 6.20. The summed E-state index contributed by atoms with van der Waals surface area (Å²) >= 11 is 0. The summed E-state index contributed by atoms with van der Waals surface area (Å²) in [7, 11) is 0. The minimum atomic E-state index is -0.119. The molecule has 4 aromatic carbocycles. The van der Waals surface area contributed by atoms with Gasteiger partial charge in [0.15, 0.2) is 11.7 Å². The van der Waals surface area contributed by atoms with Crippen molar-refractivity contribution < 1.29 is 18.4 Å². The highest BCUT2D eigenvalue weighted by atomic mass is 16.5. The Kier molecular flexibility index (Phi) is 9.56. The topological polar surface area (TPSA) is 83.3 Å². The lowest BCUT2D eigenvalue weighted by Gasteiger charge is -2.21. The summed E-state index contributed by atoms with van der Waals surface area (Å²) in [6, 6.07) is 39.4. The van der Waals surface area contributed by atoms with E-state index >= 15 is 0 Å². The van der Waals surface area contributed by atoms with Crippen LogP contribution in [0.2, 0.25) is 0 Å². The quantitative estimate of drug-likeness (QED) is 0.114. The van der Waals surface area contributed by atoms with Gasteiger partial charge < -0.3 is 18.1 Å². The Morgan fingerprint density at radius 2 is 1.54 bits per heavy atom. The number of aromatic nitrogens is 3. The van der Waals surface area contributed by atoms with Gasteiger partial charge in [0.2, 0.25) is 5.89 Å². The number of carbonyl (C=O) groups excluding carboxylic acids is 1. The van der Waals surface area contributed by atoms with Crippen molar-refractivity contribution in [1.82, 2.24) is 14.5 Å². The summed E-state index contributed by atoms with van der Waals surface area (Å²) in [6.07, 6.45) is 4.94. The summed E-state index contributed by atoms with van der Waals surface area (Å²) in [5.74, 6) is 2.97. The first kappa shape index (κ1) is 32.6. The molecular formula is C43H39N3O4. The molecule has 0 saturated carbocycles. The van der Waals surface area contributed by atoms with Crippen LogP contribution in [-0.4, -0.2) is 26.9 Å². The lowest BCUT2D eigenvalue weighted by atomic mass is 9.91. The molecule has 0 aliphatic carbocycles. The predicted octanol–water partition coefficient (Wildman–Crippen LogP) is 9.78. The van der Waals surface area contributed by atoms with Crippen molar-refractivity contribution in [1.29, 1.82) is 0 Å². The monoisotopic (exact) mass is 661 g/mol. The maximum atomic E-state index is 13.7. The molecule has 7 aromatic rings. The number of hydrogen-bond donors (Lipinski definition) is 0. The van der Waals surface area contributed by atoms with Gasteiger partial charge in [-0.15, -0.1) is 0 Å². The number of benzene rings is 4. The van der Waals surface area contributed by atoms with E-state index in [1.165, 1.54) is 0 Å². The van der Waals surface area contributed by atoms with Crippen molar-refractivity contribution in [2.45, 2.75) is 45.4 Å². The van der Waals surface area contributed by atoms with Gasteiger partial charge in [-0.3, -0.25) is 4.79 Å². The van der Waals surface area contributed by atoms with Gasteiger partial charge in [-0.05, 0) is 66.9 Å². The van der Waals surface area contributed by atoms with Crippen LogP contribution < -0.4 is 4.74 Å². The highest BCUT2D eigenvalue weighted by molar-refractivity contribution is 6.11. The number of oxazole rings is 2. The number of carbonyl (C=O) groups is 1. The fourth-order valence-electron chi connectivity index (χ4n) is 6.20. The van der Waals surface area contributed by atoms with Crippen molar-refractivity contribution in [2.75, 3.05) is 6.61 Å². The molecule has 250 valence electrons. The Hall–Kier alpha value is -5.95. The predicted molar refractivity (Wildman–Crippen MR) is 194 cm³/mol. The molecule has 0 aliphatic heterocycles. The number of para-hydroxylation sites is 1. The van der Waals surface area contributed by atoms with Crippen molar-refractivity contribution in [2.24, 2.45) is 0 Å². The zero-order valence-corrected chi connectivity index (χ0v) is 28.5. The Bertz CT molecular complexity index is 2180. The molecule has 7 rings (SSSR count). The Morgan fingerprint density at radius 1 is 0.820 bits per heavy atom. The largest absolute Gasteiger partial charge is 0.493 e. The molecule has 0 saturated heterocycles. The van der Waals surface area contributed by atoms with Crippen LogP contribution in [0.5, 0.6) is 5.75 Å². The molecule has 3 aromatic heterocycles. The molecule has 1 atom stereocenters. The van der Waals surface area contributed by atoms with E-state index in [-0.39, 0.29) is 17.6 Å². The van der Waals surface area contributed by atoms with Gasteiger partial charge in [0.05, 0.1) is 23.7 Å². The molecule has 0 aliphatic rings. The molecule has 1 unspecified atom stereocenters. The minimum absolute atomic E-state index is 0.0229.